The van der Waals surface area contributed by atoms with Crippen LogP contribution in [0.4, 0.5) is 4.39 Å². The van der Waals surface area contributed by atoms with Crippen LogP contribution < -0.4 is 0 Å². The zero-order valence-electron chi connectivity index (χ0n) is 7.02. The van der Waals surface area contributed by atoms with Crippen LogP contribution >= 0.6 is 0 Å². The number of benzene rings is 1. The highest BCUT2D eigenvalue weighted by molar-refractivity contribution is 5.32. The number of halogens is 1. The highest BCUT2D eigenvalue weighted by atomic mass is 19.1. The summed E-state index contributed by atoms with van der Waals surface area (Å²) in [7, 11) is 0. The lowest BCUT2D eigenvalue weighted by atomic mass is 9.97. The molecular formula is C11H12F. The average Bonchev–Trinajstić information content (AvgIpc) is 2.57. The van der Waals surface area contributed by atoms with Gasteiger partial charge in [0, 0.05) is 5.92 Å². The van der Waals surface area contributed by atoms with Crippen LogP contribution in [-0.4, -0.2) is 0 Å². The second-order valence-corrected chi connectivity index (χ2v) is 3.29. The van der Waals surface area contributed by atoms with Crippen molar-refractivity contribution >= 4 is 0 Å². The summed E-state index contributed by atoms with van der Waals surface area (Å²) >= 11 is 0. The molecule has 0 amide bonds. The van der Waals surface area contributed by atoms with Crippen molar-refractivity contribution in [2.45, 2.75) is 25.7 Å². The SMILES string of the molecule is Fc1ccccc1[C]1CCCC1. The summed E-state index contributed by atoms with van der Waals surface area (Å²) in [6, 6.07) is 7.08. The molecule has 1 aromatic carbocycles. The summed E-state index contributed by atoms with van der Waals surface area (Å²) in [6.45, 7) is 0. The molecule has 63 valence electrons. The van der Waals surface area contributed by atoms with Crippen molar-refractivity contribution < 1.29 is 4.39 Å². The minimum Gasteiger partial charge on any atom is -0.207 e. The molecule has 0 atom stereocenters. The smallest absolute Gasteiger partial charge is 0.126 e. The van der Waals surface area contributed by atoms with Crippen molar-refractivity contribution in [2.75, 3.05) is 0 Å². The Morgan fingerprint density at radius 2 is 1.67 bits per heavy atom. The van der Waals surface area contributed by atoms with Crippen LogP contribution in [0.15, 0.2) is 24.3 Å². The maximum Gasteiger partial charge on any atom is 0.126 e. The largest absolute Gasteiger partial charge is 0.207 e. The van der Waals surface area contributed by atoms with E-state index in [1.165, 1.54) is 18.8 Å². The molecule has 0 aliphatic heterocycles. The van der Waals surface area contributed by atoms with Gasteiger partial charge < -0.3 is 0 Å². The molecule has 12 heavy (non-hydrogen) atoms. The van der Waals surface area contributed by atoms with Gasteiger partial charge in [-0.05, 0) is 24.5 Å². The molecule has 0 spiro atoms. The topological polar surface area (TPSA) is 0 Å². The van der Waals surface area contributed by atoms with Crippen molar-refractivity contribution in [1.82, 2.24) is 0 Å². The molecule has 0 saturated heterocycles. The molecule has 1 radical (unpaired) electrons. The van der Waals surface area contributed by atoms with Gasteiger partial charge in [-0.2, -0.15) is 0 Å². The first-order valence-electron chi connectivity index (χ1n) is 4.47. The van der Waals surface area contributed by atoms with Gasteiger partial charge in [0.1, 0.15) is 5.82 Å². The van der Waals surface area contributed by atoms with Gasteiger partial charge >= 0.3 is 0 Å². The highest BCUT2D eigenvalue weighted by Crippen LogP contribution is 2.33. The monoisotopic (exact) mass is 163 g/mol. The lowest BCUT2D eigenvalue weighted by Crippen LogP contribution is -1.96. The molecule has 1 fully saturated rings. The quantitative estimate of drug-likeness (QED) is 0.595. The predicted octanol–water partition coefficient (Wildman–Crippen LogP) is 3.32. The van der Waals surface area contributed by atoms with Crippen LogP contribution in [0, 0.1) is 11.7 Å². The van der Waals surface area contributed by atoms with Crippen molar-refractivity contribution in [2.24, 2.45) is 0 Å². The van der Waals surface area contributed by atoms with E-state index < -0.39 is 0 Å². The minimum atomic E-state index is -0.0607. The summed E-state index contributed by atoms with van der Waals surface area (Å²) in [5.74, 6) is 1.24. The molecule has 0 N–H and O–H groups in total. The van der Waals surface area contributed by atoms with Crippen LogP contribution in [0.2, 0.25) is 0 Å². The lowest BCUT2D eigenvalue weighted by Gasteiger charge is -2.08. The fourth-order valence-electron chi connectivity index (χ4n) is 1.82. The molecule has 0 heterocycles. The van der Waals surface area contributed by atoms with E-state index in [4.69, 9.17) is 0 Å². The van der Waals surface area contributed by atoms with E-state index in [-0.39, 0.29) is 5.82 Å². The van der Waals surface area contributed by atoms with Crippen molar-refractivity contribution in [3.8, 4) is 0 Å². The summed E-state index contributed by atoms with van der Waals surface area (Å²) < 4.78 is 13.2. The Bertz CT molecular complexity index is 261. The highest BCUT2D eigenvalue weighted by Gasteiger charge is 2.19. The Kier molecular flexibility index (Phi) is 2.11. The van der Waals surface area contributed by atoms with Crippen LogP contribution in [0.3, 0.4) is 0 Å². The minimum absolute atomic E-state index is 0.0607. The normalized spacial score (nSPS) is 18.4. The first kappa shape index (κ1) is 7.78. The van der Waals surface area contributed by atoms with E-state index in [1.807, 2.05) is 12.1 Å². The standard InChI is InChI=1S/C11H12F/c12-11-8-4-3-7-10(11)9-5-1-2-6-9/h3-4,7-8H,1-2,5-6H2. The molecule has 1 aliphatic rings. The van der Waals surface area contributed by atoms with E-state index in [0.29, 0.717) is 0 Å². The van der Waals surface area contributed by atoms with Gasteiger partial charge in [0.15, 0.2) is 0 Å². The van der Waals surface area contributed by atoms with Gasteiger partial charge in [0.05, 0.1) is 0 Å². The summed E-state index contributed by atoms with van der Waals surface area (Å²) in [4.78, 5) is 0. The van der Waals surface area contributed by atoms with Crippen molar-refractivity contribution in [3.63, 3.8) is 0 Å². The number of rotatable bonds is 1. The third-order valence-electron chi connectivity index (χ3n) is 2.46. The fourth-order valence-corrected chi connectivity index (χ4v) is 1.82. The molecule has 0 aromatic heterocycles. The maximum absolute atomic E-state index is 13.2. The Hall–Kier alpha value is -0.850. The van der Waals surface area contributed by atoms with Crippen LogP contribution in [-0.2, 0) is 0 Å². The maximum atomic E-state index is 13.2. The van der Waals surface area contributed by atoms with Crippen LogP contribution in [0.25, 0.3) is 0 Å². The van der Waals surface area contributed by atoms with Gasteiger partial charge in [-0.15, -0.1) is 0 Å². The Morgan fingerprint density at radius 3 is 2.33 bits per heavy atom. The zero-order chi connectivity index (χ0) is 8.39. The predicted molar refractivity (Wildman–Crippen MR) is 47.2 cm³/mol. The Balaban J connectivity index is 2.26. The van der Waals surface area contributed by atoms with Crippen LogP contribution in [0.5, 0.6) is 0 Å². The molecular weight excluding hydrogens is 151 g/mol. The molecule has 2 rings (SSSR count). The summed E-state index contributed by atoms with van der Waals surface area (Å²) in [5.41, 5.74) is 0.843. The van der Waals surface area contributed by atoms with Crippen LogP contribution in [0.1, 0.15) is 31.2 Å². The molecule has 1 saturated carbocycles. The Morgan fingerprint density at radius 1 is 1.00 bits per heavy atom. The number of hydrogen-bond acceptors (Lipinski definition) is 0. The van der Waals surface area contributed by atoms with Gasteiger partial charge in [-0.1, -0.05) is 31.0 Å². The van der Waals surface area contributed by atoms with E-state index in [0.717, 1.165) is 18.4 Å². The third kappa shape index (κ3) is 1.36. The second kappa shape index (κ2) is 3.26. The lowest BCUT2D eigenvalue weighted by molar-refractivity contribution is 0.612. The number of hydrogen-bond donors (Lipinski definition) is 0. The molecule has 0 nitrogen and oxygen atoms in total. The first-order valence-corrected chi connectivity index (χ1v) is 4.47. The van der Waals surface area contributed by atoms with E-state index in [1.54, 1.807) is 12.1 Å². The average molecular weight is 163 g/mol. The molecule has 1 aromatic rings. The van der Waals surface area contributed by atoms with Crippen molar-refractivity contribution in [1.29, 1.82) is 0 Å². The summed E-state index contributed by atoms with van der Waals surface area (Å²) in [6.07, 6.45) is 4.62. The summed E-state index contributed by atoms with van der Waals surface area (Å²) in [5, 5.41) is 0. The third-order valence-corrected chi connectivity index (χ3v) is 2.46. The van der Waals surface area contributed by atoms with Gasteiger partial charge in [0.25, 0.3) is 0 Å². The Labute approximate surface area is 72.4 Å². The first-order chi connectivity index (χ1) is 5.88. The second-order valence-electron chi connectivity index (χ2n) is 3.29. The van der Waals surface area contributed by atoms with E-state index in [9.17, 15) is 4.39 Å². The van der Waals surface area contributed by atoms with Crippen molar-refractivity contribution in [3.05, 3.63) is 41.6 Å². The molecule has 0 unspecified atom stereocenters. The zero-order valence-corrected chi connectivity index (χ0v) is 7.02. The van der Waals surface area contributed by atoms with Gasteiger partial charge in [-0.25, -0.2) is 4.39 Å². The van der Waals surface area contributed by atoms with Gasteiger partial charge in [-0.3, -0.25) is 0 Å². The van der Waals surface area contributed by atoms with E-state index >= 15 is 0 Å². The molecule has 1 aliphatic carbocycles. The van der Waals surface area contributed by atoms with Gasteiger partial charge in [0.2, 0.25) is 0 Å². The molecule has 0 bridgehead atoms. The van der Waals surface area contributed by atoms with E-state index in [2.05, 4.69) is 0 Å². The molecule has 1 heteroatoms. The fraction of sp³-hybridized carbons (Fsp3) is 0.364.